The van der Waals surface area contributed by atoms with E-state index in [0.717, 1.165) is 23.4 Å². The fraction of sp³-hybridized carbons (Fsp3) is 0.208. The van der Waals surface area contributed by atoms with Crippen LogP contribution < -0.4 is 20.1 Å². The van der Waals surface area contributed by atoms with Crippen molar-refractivity contribution in [1.82, 2.24) is 5.32 Å². The summed E-state index contributed by atoms with van der Waals surface area (Å²) in [4.78, 5) is 12.0. The fourth-order valence-corrected chi connectivity index (χ4v) is 2.74. The number of urea groups is 1. The van der Waals surface area contributed by atoms with Crippen molar-refractivity contribution in [2.45, 2.75) is 6.61 Å². The highest BCUT2D eigenvalue weighted by atomic mass is 19.2. The molecule has 2 amide bonds. The fourth-order valence-electron chi connectivity index (χ4n) is 2.74. The van der Waals surface area contributed by atoms with Gasteiger partial charge in [-0.2, -0.15) is 0 Å². The maximum atomic E-state index is 13.1. The highest BCUT2D eigenvalue weighted by Gasteiger charge is 2.05. The summed E-state index contributed by atoms with van der Waals surface area (Å²) in [5, 5.41) is 5.36. The highest BCUT2D eigenvalue weighted by molar-refractivity contribution is 5.89. The van der Waals surface area contributed by atoms with Gasteiger partial charge < -0.3 is 24.8 Å². The van der Waals surface area contributed by atoms with Crippen LogP contribution in [-0.4, -0.2) is 32.4 Å². The third kappa shape index (κ3) is 7.88. The third-order valence-corrected chi connectivity index (χ3v) is 4.24. The van der Waals surface area contributed by atoms with Crippen LogP contribution in [0.3, 0.4) is 0 Å². The molecule has 0 fully saturated rings. The Bertz CT molecular complexity index is 1000. The van der Waals surface area contributed by atoms with Gasteiger partial charge in [0.05, 0.1) is 19.8 Å². The van der Waals surface area contributed by atoms with Crippen LogP contribution in [0, 0.1) is 11.6 Å². The summed E-state index contributed by atoms with van der Waals surface area (Å²) in [6.07, 6.45) is 0. The molecule has 0 radical (unpaired) electrons. The second-order valence-electron chi connectivity index (χ2n) is 6.72. The molecule has 2 N–H and O–H groups in total. The molecule has 6 nitrogen and oxygen atoms in total. The van der Waals surface area contributed by atoms with E-state index in [1.807, 2.05) is 48.5 Å². The van der Waals surface area contributed by atoms with E-state index < -0.39 is 17.7 Å². The Kier molecular flexibility index (Phi) is 8.82. The Morgan fingerprint density at radius 3 is 2.41 bits per heavy atom. The van der Waals surface area contributed by atoms with Gasteiger partial charge >= 0.3 is 6.03 Å². The summed E-state index contributed by atoms with van der Waals surface area (Å²) >= 11 is 0. The van der Waals surface area contributed by atoms with Gasteiger partial charge in [-0.3, -0.25) is 0 Å². The molecule has 0 saturated carbocycles. The average Bonchev–Trinajstić information content (AvgIpc) is 2.80. The summed E-state index contributed by atoms with van der Waals surface area (Å²) in [7, 11) is 0. The zero-order chi connectivity index (χ0) is 22.6. The summed E-state index contributed by atoms with van der Waals surface area (Å²) in [6, 6.07) is 19.7. The maximum absolute atomic E-state index is 13.1. The molecule has 0 aliphatic rings. The van der Waals surface area contributed by atoms with Crippen molar-refractivity contribution in [3.63, 3.8) is 0 Å². The van der Waals surface area contributed by atoms with Crippen LogP contribution in [-0.2, 0) is 11.3 Å². The molecule has 0 unspecified atom stereocenters. The van der Waals surface area contributed by atoms with E-state index >= 15 is 0 Å². The molecule has 3 aromatic rings. The molecule has 0 aromatic heterocycles. The van der Waals surface area contributed by atoms with Crippen LogP contribution in [0.1, 0.15) is 5.56 Å². The monoisotopic (exact) mass is 442 g/mol. The number of carbonyl (C=O) groups is 1. The topological polar surface area (TPSA) is 68.8 Å². The minimum atomic E-state index is -0.985. The van der Waals surface area contributed by atoms with Crippen LogP contribution >= 0.6 is 0 Å². The molecule has 3 rings (SSSR count). The van der Waals surface area contributed by atoms with Gasteiger partial charge in [-0.25, -0.2) is 13.6 Å². The van der Waals surface area contributed by atoms with Crippen LogP contribution in [0.5, 0.6) is 11.5 Å². The lowest BCUT2D eigenvalue weighted by atomic mass is 10.2. The lowest BCUT2D eigenvalue weighted by Crippen LogP contribution is -2.32. The molecule has 8 heteroatoms. The molecule has 3 aromatic carbocycles. The summed E-state index contributed by atoms with van der Waals surface area (Å²) in [5.41, 5.74) is 1.52. The van der Waals surface area contributed by atoms with Crippen molar-refractivity contribution in [2.24, 2.45) is 0 Å². The molecule has 0 spiro atoms. The van der Waals surface area contributed by atoms with E-state index in [4.69, 9.17) is 14.2 Å². The Morgan fingerprint density at radius 1 is 0.781 bits per heavy atom. The first-order chi connectivity index (χ1) is 15.6. The first-order valence-corrected chi connectivity index (χ1v) is 10.1. The van der Waals surface area contributed by atoms with Crippen LogP contribution in [0.4, 0.5) is 19.3 Å². The Hall–Kier alpha value is -3.65. The smallest absolute Gasteiger partial charge is 0.319 e. The van der Waals surface area contributed by atoms with Crippen LogP contribution in [0.2, 0.25) is 0 Å². The van der Waals surface area contributed by atoms with E-state index in [2.05, 4.69) is 10.6 Å². The largest absolute Gasteiger partial charge is 0.492 e. The van der Waals surface area contributed by atoms with E-state index in [9.17, 15) is 13.6 Å². The number of para-hydroxylation sites is 1. The van der Waals surface area contributed by atoms with E-state index in [-0.39, 0.29) is 18.9 Å². The number of halogens is 2. The minimum absolute atomic E-state index is 0.109. The lowest BCUT2D eigenvalue weighted by Gasteiger charge is -2.11. The number of carbonyl (C=O) groups excluding carboxylic acids is 1. The molecule has 0 heterocycles. The number of anilines is 1. The molecule has 0 aliphatic heterocycles. The lowest BCUT2D eigenvalue weighted by molar-refractivity contribution is 0.0889. The molecule has 0 saturated heterocycles. The van der Waals surface area contributed by atoms with Gasteiger partial charge in [0.2, 0.25) is 0 Å². The summed E-state index contributed by atoms with van der Waals surface area (Å²) in [5.74, 6) is -0.944. The van der Waals surface area contributed by atoms with Crippen LogP contribution in [0.25, 0.3) is 0 Å². The predicted molar refractivity (Wildman–Crippen MR) is 117 cm³/mol. The van der Waals surface area contributed by atoms with E-state index in [0.29, 0.717) is 25.5 Å². The van der Waals surface area contributed by atoms with Gasteiger partial charge in [0.1, 0.15) is 24.7 Å². The minimum Gasteiger partial charge on any atom is -0.492 e. The number of hydrogen-bond donors (Lipinski definition) is 2. The zero-order valence-electron chi connectivity index (χ0n) is 17.4. The van der Waals surface area contributed by atoms with E-state index in [1.165, 1.54) is 6.07 Å². The first kappa shape index (κ1) is 23.0. The van der Waals surface area contributed by atoms with Gasteiger partial charge in [0.15, 0.2) is 11.6 Å². The average molecular weight is 442 g/mol. The number of rotatable bonds is 11. The number of amides is 2. The van der Waals surface area contributed by atoms with Crippen molar-refractivity contribution >= 4 is 11.7 Å². The standard InChI is InChI=1S/C24H24F2N2O4/c25-22-10-9-21(16-23(22)26)31-12-11-27-24(29)28-19-6-4-5-18(15-19)17-30-13-14-32-20-7-2-1-3-8-20/h1-10,15-16H,11-14,17H2,(H2,27,28,29). The first-order valence-electron chi connectivity index (χ1n) is 10.1. The molecular weight excluding hydrogens is 418 g/mol. The van der Waals surface area contributed by atoms with Gasteiger partial charge in [0.25, 0.3) is 0 Å². The van der Waals surface area contributed by atoms with Gasteiger partial charge in [-0.15, -0.1) is 0 Å². The predicted octanol–water partition coefficient (Wildman–Crippen LogP) is 4.76. The number of ether oxygens (including phenoxy) is 3. The van der Waals surface area contributed by atoms with Crippen molar-refractivity contribution in [3.05, 3.63) is 90.0 Å². The molecule has 168 valence electrons. The highest BCUT2D eigenvalue weighted by Crippen LogP contribution is 2.15. The van der Waals surface area contributed by atoms with Gasteiger partial charge in [-0.05, 0) is 42.0 Å². The molecular formula is C24H24F2N2O4. The van der Waals surface area contributed by atoms with Crippen molar-refractivity contribution in [3.8, 4) is 11.5 Å². The maximum Gasteiger partial charge on any atom is 0.319 e. The molecule has 0 aliphatic carbocycles. The Balaban J connectivity index is 1.32. The van der Waals surface area contributed by atoms with E-state index in [1.54, 1.807) is 6.07 Å². The number of benzene rings is 3. The van der Waals surface area contributed by atoms with Crippen molar-refractivity contribution < 1.29 is 27.8 Å². The van der Waals surface area contributed by atoms with Gasteiger partial charge in [-0.1, -0.05) is 30.3 Å². The SMILES string of the molecule is O=C(NCCOc1ccc(F)c(F)c1)Nc1cccc(COCCOc2ccccc2)c1. The summed E-state index contributed by atoms with van der Waals surface area (Å²) in [6.45, 7) is 1.56. The second kappa shape index (κ2) is 12.3. The number of nitrogens with one attached hydrogen (secondary N) is 2. The molecule has 0 atom stereocenters. The Labute approximate surface area is 185 Å². The summed E-state index contributed by atoms with van der Waals surface area (Å²) < 4.78 is 42.5. The number of hydrogen-bond acceptors (Lipinski definition) is 4. The quantitative estimate of drug-likeness (QED) is 0.420. The van der Waals surface area contributed by atoms with Crippen molar-refractivity contribution in [1.29, 1.82) is 0 Å². The Morgan fingerprint density at radius 2 is 1.59 bits per heavy atom. The third-order valence-electron chi connectivity index (χ3n) is 4.24. The molecule has 32 heavy (non-hydrogen) atoms. The second-order valence-corrected chi connectivity index (χ2v) is 6.72. The zero-order valence-corrected chi connectivity index (χ0v) is 17.4. The van der Waals surface area contributed by atoms with Crippen molar-refractivity contribution in [2.75, 3.05) is 31.7 Å². The van der Waals surface area contributed by atoms with Gasteiger partial charge in [0, 0.05) is 11.8 Å². The normalized spacial score (nSPS) is 10.4. The molecule has 0 bridgehead atoms. The van der Waals surface area contributed by atoms with Crippen LogP contribution in [0.15, 0.2) is 72.8 Å².